The Labute approximate surface area is 102 Å². The first-order valence-electron chi connectivity index (χ1n) is 6.79. The second-order valence-electron chi connectivity index (χ2n) is 6.62. The molecule has 2 atom stereocenters. The lowest BCUT2D eigenvalue weighted by Crippen LogP contribution is -2.46. The van der Waals surface area contributed by atoms with Crippen LogP contribution in [0.3, 0.4) is 0 Å². The van der Waals surface area contributed by atoms with Crippen LogP contribution in [0.25, 0.3) is 0 Å². The van der Waals surface area contributed by atoms with E-state index in [1.807, 2.05) is 0 Å². The average Bonchev–Trinajstić information content (AvgIpc) is 2.16. The van der Waals surface area contributed by atoms with Crippen LogP contribution in [0.1, 0.15) is 46.5 Å². The largest absolute Gasteiger partial charge is 0.312 e. The van der Waals surface area contributed by atoms with Gasteiger partial charge in [0.05, 0.1) is 0 Å². The van der Waals surface area contributed by atoms with Crippen molar-refractivity contribution in [2.24, 2.45) is 11.3 Å². The summed E-state index contributed by atoms with van der Waals surface area (Å²) in [5.74, 6) is 0.850. The van der Waals surface area contributed by atoms with E-state index in [4.69, 9.17) is 0 Å². The van der Waals surface area contributed by atoms with E-state index in [1.165, 1.54) is 25.7 Å². The summed E-state index contributed by atoms with van der Waals surface area (Å²) in [4.78, 5) is 2.25. The highest BCUT2D eigenvalue weighted by atomic mass is 15.1. The van der Waals surface area contributed by atoms with E-state index in [9.17, 15) is 0 Å². The van der Waals surface area contributed by atoms with E-state index < -0.39 is 0 Å². The Morgan fingerprint density at radius 1 is 1.12 bits per heavy atom. The lowest BCUT2D eigenvalue weighted by Gasteiger charge is -2.41. The van der Waals surface area contributed by atoms with Gasteiger partial charge in [-0.05, 0) is 38.3 Å². The molecule has 0 bridgehead atoms. The van der Waals surface area contributed by atoms with Gasteiger partial charge in [-0.2, -0.15) is 0 Å². The van der Waals surface area contributed by atoms with Crippen LogP contribution in [0.15, 0.2) is 0 Å². The zero-order valence-electron chi connectivity index (χ0n) is 11.8. The van der Waals surface area contributed by atoms with Crippen molar-refractivity contribution in [1.29, 1.82) is 0 Å². The fourth-order valence-corrected chi connectivity index (χ4v) is 2.89. The minimum atomic E-state index is 0.455. The summed E-state index contributed by atoms with van der Waals surface area (Å²) in [6.07, 6.45) is 5.61. The Morgan fingerprint density at radius 3 is 2.31 bits per heavy atom. The Morgan fingerprint density at radius 2 is 1.75 bits per heavy atom. The van der Waals surface area contributed by atoms with Gasteiger partial charge in [0.1, 0.15) is 0 Å². The SMILES string of the molecule is CN(C)CCNC1CCCCC1C(C)(C)C. The van der Waals surface area contributed by atoms with Crippen LogP contribution < -0.4 is 5.32 Å². The van der Waals surface area contributed by atoms with Crippen molar-refractivity contribution in [3.05, 3.63) is 0 Å². The molecule has 0 heterocycles. The minimum absolute atomic E-state index is 0.455. The van der Waals surface area contributed by atoms with Crippen molar-refractivity contribution in [1.82, 2.24) is 10.2 Å². The molecule has 0 aromatic carbocycles. The van der Waals surface area contributed by atoms with Gasteiger partial charge in [-0.25, -0.2) is 0 Å². The Kier molecular flexibility index (Phi) is 5.26. The number of hydrogen-bond acceptors (Lipinski definition) is 2. The van der Waals surface area contributed by atoms with Crippen molar-refractivity contribution in [3.63, 3.8) is 0 Å². The van der Waals surface area contributed by atoms with Crippen molar-refractivity contribution in [3.8, 4) is 0 Å². The third kappa shape index (κ3) is 4.42. The number of nitrogens with zero attached hydrogens (tertiary/aromatic N) is 1. The predicted molar refractivity (Wildman–Crippen MR) is 71.8 cm³/mol. The molecule has 0 amide bonds. The standard InChI is InChI=1S/C14H30N2/c1-14(2,3)12-8-6-7-9-13(12)15-10-11-16(4)5/h12-13,15H,6-11H2,1-5H3. The Hall–Kier alpha value is -0.0800. The summed E-state index contributed by atoms with van der Waals surface area (Å²) in [5, 5.41) is 3.77. The minimum Gasteiger partial charge on any atom is -0.312 e. The molecule has 1 saturated carbocycles. The molecule has 96 valence electrons. The van der Waals surface area contributed by atoms with Gasteiger partial charge in [0.2, 0.25) is 0 Å². The maximum absolute atomic E-state index is 3.77. The van der Waals surface area contributed by atoms with Crippen molar-refractivity contribution in [2.45, 2.75) is 52.5 Å². The average molecular weight is 226 g/mol. The molecule has 0 aliphatic heterocycles. The second-order valence-corrected chi connectivity index (χ2v) is 6.62. The third-order valence-electron chi connectivity index (χ3n) is 3.84. The quantitative estimate of drug-likeness (QED) is 0.793. The molecule has 2 unspecified atom stereocenters. The van der Waals surface area contributed by atoms with Gasteiger partial charge in [0.25, 0.3) is 0 Å². The van der Waals surface area contributed by atoms with Crippen LogP contribution in [0.4, 0.5) is 0 Å². The number of likely N-dealkylation sites (N-methyl/N-ethyl adjacent to an activating group) is 1. The summed E-state index contributed by atoms with van der Waals surface area (Å²) < 4.78 is 0. The topological polar surface area (TPSA) is 15.3 Å². The highest BCUT2D eigenvalue weighted by molar-refractivity contribution is 4.88. The summed E-state index contributed by atoms with van der Waals surface area (Å²) in [6, 6.07) is 0.744. The van der Waals surface area contributed by atoms with Crippen LogP contribution in [0.2, 0.25) is 0 Å². The van der Waals surface area contributed by atoms with Crippen LogP contribution in [0.5, 0.6) is 0 Å². The van der Waals surface area contributed by atoms with Gasteiger partial charge in [-0.15, -0.1) is 0 Å². The number of rotatable bonds is 4. The first-order valence-corrected chi connectivity index (χ1v) is 6.79. The maximum atomic E-state index is 3.77. The molecule has 0 saturated heterocycles. The van der Waals surface area contributed by atoms with E-state index >= 15 is 0 Å². The molecule has 0 radical (unpaired) electrons. The van der Waals surface area contributed by atoms with E-state index in [1.54, 1.807) is 0 Å². The zero-order valence-corrected chi connectivity index (χ0v) is 11.8. The smallest absolute Gasteiger partial charge is 0.0101 e. The molecule has 2 heteroatoms. The van der Waals surface area contributed by atoms with Gasteiger partial charge >= 0.3 is 0 Å². The molecule has 1 rings (SSSR count). The normalized spacial score (nSPS) is 27.4. The van der Waals surface area contributed by atoms with Crippen LogP contribution >= 0.6 is 0 Å². The zero-order chi connectivity index (χ0) is 12.2. The number of hydrogen-bond donors (Lipinski definition) is 1. The van der Waals surface area contributed by atoms with Crippen molar-refractivity contribution >= 4 is 0 Å². The van der Waals surface area contributed by atoms with Gasteiger partial charge < -0.3 is 10.2 Å². The summed E-state index contributed by atoms with van der Waals surface area (Å²) in [5.41, 5.74) is 0.455. The monoisotopic (exact) mass is 226 g/mol. The molecule has 1 aliphatic carbocycles. The van der Waals surface area contributed by atoms with Gasteiger partial charge in [0.15, 0.2) is 0 Å². The second kappa shape index (κ2) is 6.02. The molecule has 16 heavy (non-hydrogen) atoms. The fraction of sp³-hybridized carbons (Fsp3) is 1.00. The molecular formula is C14H30N2. The first-order chi connectivity index (χ1) is 7.41. The van der Waals surface area contributed by atoms with E-state index in [0.717, 1.165) is 25.0 Å². The fourth-order valence-electron chi connectivity index (χ4n) is 2.89. The summed E-state index contributed by atoms with van der Waals surface area (Å²) in [6.45, 7) is 9.45. The molecule has 1 aliphatic rings. The van der Waals surface area contributed by atoms with Gasteiger partial charge in [-0.1, -0.05) is 33.6 Å². The molecule has 0 spiro atoms. The van der Waals surface area contributed by atoms with E-state index in [0.29, 0.717) is 5.41 Å². The van der Waals surface area contributed by atoms with Gasteiger partial charge in [0, 0.05) is 19.1 Å². The van der Waals surface area contributed by atoms with Crippen molar-refractivity contribution < 1.29 is 0 Å². The Bertz CT molecular complexity index is 193. The molecule has 0 aromatic heterocycles. The van der Waals surface area contributed by atoms with Crippen LogP contribution in [-0.2, 0) is 0 Å². The Balaban J connectivity index is 2.41. The highest BCUT2D eigenvalue weighted by Crippen LogP contribution is 2.37. The van der Waals surface area contributed by atoms with Crippen LogP contribution in [-0.4, -0.2) is 38.1 Å². The summed E-state index contributed by atoms with van der Waals surface area (Å²) >= 11 is 0. The van der Waals surface area contributed by atoms with E-state index in [2.05, 4.69) is 45.1 Å². The lowest BCUT2D eigenvalue weighted by molar-refractivity contribution is 0.130. The van der Waals surface area contributed by atoms with Crippen molar-refractivity contribution in [2.75, 3.05) is 27.2 Å². The van der Waals surface area contributed by atoms with E-state index in [-0.39, 0.29) is 0 Å². The maximum Gasteiger partial charge on any atom is 0.0101 e. The van der Waals surface area contributed by atoms with Crippen LogP contribution in [0, 0.1) is 11.3 Å². The van der Waals surface area contributed by atoms with Gasteiger partial charge in [-0.3, -0.25) is 0 Å². The number of nitrogens with one attached hydrogen (secondary N) is 1. The lowest BCUT2D eigenvalue weighted by atomic mass is 9.69. The summed E-state index contributed by atoms with van der Waals surface area (Å²) in [7, 11) is 4.29. The first kappa shape index (κ1) is 14.0. The molecule has 0 aromatic rings. The predicted octanol–water partition coefficient (Wildman–Crippen LogP) is 2.74. The molecule has 2 nitrogen and oxygen atoms in total. The highest BCUT2D eigenvalue weighted by Gasteiger charge is 2.33. The molecule has 1 N–H and O–H groups in total. The third-order valence-corrected chi connectivity index (χ3v) is 3.84. The molecular weight excluding hydrogens is 196 g/mol. The molecule has 1 fully saturated rings.